The van der Waals surface area contributed by atoms with Gasteiger partial charge in [-0.15, -0.1) is 0 Å². The zero-order chi connectivity index (χ0) is 13.0. The third-order valence-corrected chi connectivity index (χ3v) is 4.15. The molecule has 18 heavy (non-hydrogen) atoms. The highest BCUT2D eigenvalue weighted by Gasteiger charge is 2.35. The highest BCUT2D eigenvalue weighted by atomic mass is 16.5. The molecule has 1 aliphatic heterocycles. The minimum Gasteiger partial charge on any atom is -0.395 e. The number of morpholine rings is 1. The van der Waals surface area contributed by atoms with Crippen LogP contribution in [0.5, 0.6) is 0 Å². The van der Waals surface area contributed by atoms with Crippen LogP contribution >= 0.6 is 0 Å². The van der Waals surface area contributed by atoms with Gasteiger partial charge in [-0.05, 0) is 25.7 Å². The van der Waals surface area contributed by atoms with Gasteiger partial charge in [-0.2, -0.15) is 0 Å². The van der Waals surface area contributed by atoms with E-state index in [1.807, 2.05) is 0 Å². The fourth-order valence-electron chi connectivity index (χ4n) is 3.30. The van der Waals surface area contributed by atoms with Crippen molar-refractivity contribution in [3.05, 3.63) is 0 Å². The van der Waals surface area contributed by atoms with Gasteiger partial charge in [0.15, 0.2) is 0 Å². The molecule has 0 radical (unpaired) electrons. The van der Waals surface area contributed by atoms with Crippen LogP contribution in [0.25, 0.3) is 0 Å². The number of aliphatic hydroxyl groups excluding tert-OH is 1. The topological polar surface area (TPSA) is 44.7 Å². The number of ether oxygens (including phenoxy) is 1. The molecule has 3 atom stereocenters. The first kappa shape index (κ1) is 14.3. The molecule has 0 amide bonds. The number of hydrogen-bond acceptors (Lipinski definition) is 4. The van der Waals surface area contributed by atoms with Crippen LogP contribution in [0, 0.1) is 0 Å². The quantitative estimate of drug-likeness (QED) is 0.744. The minimum atomic E-state index is 0.229. The van der Waals surface area contributed by atoms with E-state index in [0.717, 1.165) is 26.1 Å². The van der Waals surface area contributed by atoms with Crippen molar-refractivity contribution in [3.63, 3.8) is 0 Å². The molecule has 0 aromatic rings. The third-order valence-electron chi connectivity index (χ3n) is 4.15. The summed E-state index contributed by atoms with van der Waals surface area (Å²) in [4.78, 5) is 2.58. The van der Waals surface area contributed by atoms with Gasteiger partial charge in [0.25, 0.3) is 0 Å². The van der Waals surface area contributed by atoms with Gasteiger partial charge in [0.2, 0.25) is 0 Å². The summed E-state index contributed by atoms with van der Waals surface area (Å²) in [6.07, 6.45) is 5.32. The fraction of sp³-hybridized carbons (Fsp3) is 1.00. The van der Waals surface area contributed by atoms with Crippen LogP contribution in [-0.2, 0) is 4.74 Å². The Morgan fingerprint density at radius 1 is 1.39 bits per heavy atom. The lowest BCUT2D eigenvalue weighted by Crippen LogP contribution is -2.50. The van der Waals surface area contributed by atoms with Gasteiger partial charge in [0.05, 0.1) is 19.3 Å². The first-order valence-corrected chi connectivity index (χ1v) is 7.43. The zero-order valence-corrected chi connectivity index (χ0v) is 11.8. The Hall–Kier alpha value is -0.160. The number of nitrogens with zero attached hydrogens (tertiary/aromatic N) is 1. The SMILES string of the molecule is CC(C)NC(CO)CCN1CCOC2CCCC21. The summed E-state index contributed by atoms with van der Waals surface area (Å²) in [6.45, 7) is 7.50. The first-order chi connectivity index (χ1) is 8.70. The molecule has 2 aliphatic rings. The van der Waals surface area contributed by atoms with Gasteiger partial charge < -0.3 is 15.2 Å². The number of rotatable bonds is 6. The lowest BCUT2D eigenvalue weighted by Gasteiger charge is -2.38. The molecule has 1 aliphatic carbocycles. The highest BCUT2D eigenvalue weighted by molar-refractivity contribution is 4.89. The van der Waals surface area contributed by atoms with Gasteiger partial charge in [0, 0.05) is 31.2 Å². The van der Waals surface area contributed by atoms with E-state index in [2.05, 4.69) is 24.1 Å². The summed E-state index contributed by atoms with van der Waals surface area (Å²) < 4.78 is 5.82. The number of hydrogen-bond donors (Lipinski definition) is 2. The average molecular weight is 256 g/mol. The second-order valence-electron chi connectivity index (χ2n) is 5.93. The van der Waals surface area contributed by atoms with Gasteiger partial charge in [0.1, 0.15) is 0 Å². The highest BCUT2D eigenvalue weighted by Crippen LogP contribution is 2.29. The standard InChI is InChI=1S/C14H28N2O2/c1-11(2)15-12(10-17)6-7-16-8-9-18-14-5-3-4-13(14)16/h11-15,17H,3-10H2,1-2H3. The fourth-order valence-corrected chi connectivity index (χ4v) is 3.30. The van der Waals surface area contributed by atoms with Crippen molar-refractivity contribution in [2.45, 2.75) is 63.8 Å². The van der Waals surface area contributed by atoms with E-state index in [9.17, 15) is 5.11 Å². The maximum atomic E-state index is 9.39. The van der Waals surface area contributed by atoms with Crippen LogP contribution in [-0.4, -0.2) is 60.5 Å². The van der Waals surface area contributed by atoms with Crippen molar-refractivity contribution in [1.29, 1.82) is 0 Å². The van der Waals surface area contributed by atoms with Crippen LogP contribution in [0.4, 0.5) is 0 Å². The smallest absolute Gasteiger partial charge is 0.0730 e. The predicted octanol–water partition coefficient (Wildman–Crippen LogP) is 0.989. The van der Waals surface area contributed by atoms with Crippen LogP contribution in [0.1, 0.15) is 39.5 Å². The molecule has 106 valence electrons. The predicted molar refractivity (Wildman–Crippen MR) is 72.7 cm³/mol. The number of fused-ring (bicyclic) bond motifs is 1. The van der Waals surface area contributed by atoms with Crippen molar-refractivity contribution in [3.8, 4) is 0 Å². The summed E-state index contributed by atoms with van der Waals surface area (Å²) in [6, 6.07) is 1.30. The van der Waals surface area contributed by atoms with Crippen LogP contribution in [0.3, 0.4) is 0 Å². The van der Waals surface area contributed by atoms with Crippen LogP contribution < -0.4 is 5.32 Å². The van der Waals surface area contributed by atoms with Crippen molar-refractivity contribution in [2.24, 2.45) is 0 Å². The monoisotopic (exact) mass is 256 g/mol. The molecular formula is C14H28N2O2. The van der Waals surface area contributed by atoms with Gasteiger partial charge in [-0.25, -0.2) is 0 Å². The molecule has 0 aromatic heterocycles. The first-order valence-electron chi connectivity index (χ1n) is 7.43. The van der Waals surface area contributed by atoms with Crippen molar-refractivity contribution >= 4 is 0 Å². The van der Waals surface area contributed by atoms with Crippen LogP contribution in [0.2, 0.25) is 0 Å². The Morgan fingerprint density at radius 3 is 2.94 bits per heavy atom. The van der Waals surface area contributed by atoms with E-state index in [4.69, 9.17) is 4.74 Å². The molecule has 2 N–H and O–H groups in total. The number of aliphatic hydroxyl groups is 1. The number of nitrogens with one attached hydrogen (secondary N) is 1. The largest absolute Gasteiger partial charge is 0.395 e. The van der Waals surface area contributed by atoms with E-state index in [-0.39, 0.29) is 12.6 Å². The molecule has 1 saturated carbocycles. The molecule has 0 bridgehead atoms. The lowest BCUT2D eigenvalue weighted by molar-refractivity contribution is -0.0568. The third kappa shape index (κ3) is 3.67. The Labute approximate surface area is 111 Å². The summed E-state index contributed by atoms with van der Waals surface area (Å²) in [5.41, 5.74) is 0. The molecule has 0 spiro atoms. The normalized spacial score (nSPS) is 30.7. The van der Waals surface area contributed by atoms with Gasteiger partial charge in [-0.3, -0.25) is 4.90 Å². The second kappa shape index (κ2) is 6.85. The molecule has 4 nitrogen and oxygen atoms in total. The van der Waals surface area contributed by atoms with Crippen molar-refractivity contribution in [2.75, 3.05) is 26.3 Å². The van der Waals surface area contributed by atoms with Gasteiger partial charge in [-0.1, -0.05) is 13.8 Å². The molecule has 4 heteroatoms. The summed E-state index contributed by atoms with van der Waals surface area (Å²) in [5, 5.41) is 12.8. The molecule has 2 fully saturated rings. The molecule has 0 aromatic carbocycles. The Bertz CT molecular complexity index is 248. The minimum absolute atomic E-state index is 0.229. The molecular weight excluding hydrogens is 228 g/mol. The molecule has 2 rings (SSSR count). The van der Waals surface area contributed by atoms with Crippen molar-refractivity contribution in [1.82, 2.24) is 10.2 Å². The zero-order valence-electron chi connectivity index (χ0n) is 11.8. The average Bonchev–Trinajstić information content (AvgIpc) is 2.82. The lowest BCUT2D eigenvalue weighted by atomic mass is 10.1. The summed E-state index contributed by atoms with van der Waals surface area (Å²) >= 11 is 0. The van der Waals surface area contributed by atoms with E-state index in [1.54, 1.807) is 0 Å². The Morgan fingerprint density at radius 2 is 2.22 bits per heavy atom. The molecule has 1 saturated heterocycles. The molecule has 3 unspecified atom stereocenters. The summed E-state index contributed by atoms with van der Waals surface area (Å²) in [7, 11) is 0. The molecule has 1 heterocycles. The second-order valence-corrected chi connectivity index (χ2v) is 5.93. The maximum Gasteiger partial charge on any atom is 0.0730 e. The van der Waals surface area contributed by atoms with E-state index >= 15 is 0 Å². The van der Waals surface area contributed by atoms with E-state index in [1.165, 1.54) is 19.3 Å². The van der Waals surface area contributed by atoms with E-state index < -0.39 is 0 Å². The van der Waals surface area contributed by atoms with Crippen LogP contribution in [0.15, 0.2) is 0 Å². The van der Waals surface area contributed by atoms with Gasteiger partial charge >= 0.3 is 0 Å². The van der Waals surface area contributed by atoms with E-state index in [0.29, 0.717) is 18.2 Å². The van der Waals surface area contributed by atoms with Crippen molar-refractivity contribution < 1.29 is 9.84 Å². The Kier molecular flexibility index (Phi) is 5.42. The Balaban J connectivity index is 1.77. The summed E-state index contributed by atoms with van der Waals surface area (Å²) in [5.74, 6) is 0. The maximum absolute atomic E-state index is 9.39.